The van der Waals surface area contributed by atoms with Gasteiger partial charge in [-0.2, -0.15) is 0 Å². The van der Waals surface area contributed by atoms with E-state index in [1.54, 1.807) is 0 Å². The summed E-state index contributed by atoms with van der Waals surface area (Å²) >= 11 is 4.96. The zero-order chi connectivity index (χ0) is 13.7. The Morgan fingerprint density at radius 2 is 2.37 bits per heavy atom. The summed E-state index contributed by atoms with van der Waals surface area (Å²) in [6.45, 7) is 6.65. The molecule has 0 radical (unpaired) electrons. The monoisotopic (exact) mass is 278 g/mol. The summed E-state index contributed by atoms with van der Waals surface area (Å²) in [7, 11) is 0. The summed E-state index contributed by atoms with van der Waals surface area (Å²) in [6, 6.07) is 7.67. The molecule has 1 saturated heterocycles. The second kappa shape index (κ2) is 6.87. The quantitative estimate of drug-likeness (QED) is 0.641. The standard InChI is InChI=1S/C15H22N2OS/c1-12-6-8-17(11-12)7-3-9-18-14-5-2-4-13(10-14)15(16)19/h2,4-5,10,12H,3,6-9,11H2,1H3,(H2,16,19). The molecule has 4 heteroatoms. The van der Waals surface area contributed by atoms with Gasteiger partial charge in [0.2, 0.25) is 0 Å². The van der Waals surface area contributed by atoms with Crippen molar-refractivity contribution in [2.24, 2.45) is 11.7 Å². The van der Waals surface area contributed by atoms with Gasteiger partial charge in [0, 0.05) is 18.7 Å². The predicted molar refractivity (Wildman–Crippen MR) is 82.7 cm³/mol. The lowest BCUT2D eigenvalue weighted by molar-refractivity contribution is 0.259. The maximum Gasteiger partial charge on any atom is 0.119 e. The molecule has 2 N–H and O–H groups in total. The molecule has 1 unspecified atom stereocenters. The second-order valence-corrected chi connectivity index (χ2v) is 5.73. The molecule has 1 fully saturated rings. The summed E-state index contributed by atoms with van der Waals surface area (Å²) in [5, 5.41) is 0. The highest BCUT2D eigenvalue weighted by Gasteiger charge is 2.17. The fraction of sp³-hybridized carbons (Fsp3) is 0.533. The van der Waals surface area contributed by atoms with Crippen molar-refractivity contribution in [3.8, 4) is 5.75 Å². The minimum absolute atomic E-state index is 0.413. The normalized spacial score (nSPS) is 19.5. The fourth-order valence-electron chi connectivity index (χ4n) is 2.45. The summed E-state index contributed by atoms with van der Waals surface area (Å²) in [5.41, 5.74) is 6.46. The molecule has 3 nitrogen and oxygen atoms in total. The van der Waals surface area contributed by atoms with Crippen molar-refractivity contribution in [1.29, 1.82) is 0 Å². The molecular weight excluding hydrogens is 256 g/mol. The highest BCUT2D eigenvalue weighted by molar-refractivity contribution is 7.80. The van der Waals surface area contributed by atoms with E-state index in [4.69, 9.17) is 22.7 Å². The molecule has 0 spiro atoms. The number of ether oxygens (including phenoxy) is 1. The van der Waals surface area contributed by atoms with Crippen molar-refractivity contribution in [3.05, 3.63) is 29.8 Å². The Hall–Kier alpha value is -1.13. The lowest BCUT2D eigenvalue weighted by Crippen LogP contribution is -2.23. The first kappa shape index (κ1) is 14.3. The van der Waals surface area contributed by atoms with E-state index in [1.807, 2.05) is 24.3 Å². The van der Waals surface area contributed by atoms with Crippen molar-refractivity contribution < 1.29 is 4.74 Å². The zero-order valence-electron chi connectivity index (χ0n) is 11.5. The first-order valence-corrected chi connectivity index (χ1v) is 7.31. The van der Waals surface area contributed by atoms with Gasteiger partial charge in [0.1, 0.15) is 10.7 Å². The van der Waals surface area contributed by atoms with Crippen LogP contribution in [0.1, 0.15) is 25.3 Å². The van der Waals surface area contributed by atoms with Crippen molar-refractivity contribution >= 4 is 17.2 Å². The number of rotatable bonds is 6. The minimum Gasteiger partial charge on any atom is -0.494 e. The predicted octanol–water partition coefficient (Wildman–Crippen LogP) is 2.43. The van der Waals surface area contributed by atoms with Gasteiger partial charge in [-0.25, -0.2) is 0 Å². The highest BCUT2D eigenvalue weighted by Crippen LogP contribution is 2.16. The van der Waals surface area contributed by atoms with Crippen LogP contribution in [0.2, 0.25) is 0 Å². The van der Waals surface area contributed by atoms with Crippen LogP contribution < -0.4 is 10.5 Å². The molecule has 1 heterocycles. The Labute approximate surface area is 120 Å². The number of likely N-dealkylation sites (tertiary alicyclic amines) is 1. The van der Waals surface area contributed by atoms with Gasteiger partial charge in [-0.15, -0.1) is 0 Å². The minimum atomic E-state index is 0.413. The van der Waals surface area contributed by atoms with Crippen molar-refractivity contribution in [1.82, 2.24) is 4.90 Å². The average Bonchev–Trinajstić information content (AvgIpc) is 2.81. The average molecular weight is 278 g/mol. The maximum absolute atomic E-state index is 5.74. The van der Waals surface area contributed by atoms with Gasteiger partial charge in [0.25, 0.3) is 0 Å². The van der Waals surface area contributed by atoms with E-state index >= 15 is 0 Å². The number of benzene rings is 1. The number of thiocarbonyl (C=S) groups is 1. The molecule has 0 amide bonds. The van der Waals surface area contributed by atoms with Crippen LogP contribution in [-0.2, 0) is 0 Å². The van der Waals surface area contributed by atoms with E-state index in [0.717, 1.165) is 36.8 Å². The van der Waals surface area contributed by atoms with Gasteiger partial charge in [-0.3, -0.25) is 0 Å². The van der Waals surface area contributed by atoms with E-state index in [1.165, 1.54) is 19.5 Å². The summed E-state index contributed by atoms with van der Waals surface area (Å²) < 4.78 is 5.74. The number of hydrogen-bond donors (Lipinski definition) is 1. The van der Waals surface area contributed by atoms with E-state index in [9.17, 15) is 0 Å². The molecule has 0 aliphatic carbocycles. The number of nitrogens with two attached hydrogens (primary N) is 1. The van der Waals surface area contributed by atoms with Crippen LogP contribution in [0.4, 0.5) is 0 Å². The third-order valence-electron chi connectivity index (χ3n) is 3.51. The SMILES string of the molecule is CC1CCN(CCCOc2cccc(C(N)=S)c2)C1. The third kappa shape index (κ3) is 4.48. The molecule has 0 aromatic heterocycles. The van der Waals surface area contributed by atoms with Crippen molar-refractivity contribution in [2.45, 2.75) is 19.8 Å². The summed E-state index contributed by atoms with van der Waals surface area (Å²) in [6.07, 6.45) is 2.39. The fourth-order valence-corrected chi connectivity index (χ4v) is 2.57. The van der Waals surface area contributed by atoms with Gasteiger partial charge < -0.3 is 15.4 Å². The molecular formula is C15H22N2OS. The topological polar surface area (TPSA) is 38.5 Å². The Morgan fingerprint density at radius 3 is 3.05 bits per heavy atom. The summed E-state index contributed by atoms with van der Waals surface area (Å²) in [4.78, 5) is 2.93. The summed E-state index contributed by atoms with van der Waals surface area (Å²) in [5.74, 6) is 1.70. The number of nitrogens with zero attached hydrogens (tertiary/aromatic N) is 1. The first-order valence-electron chi connectivity index (χ1n) is 6.90. The third-order valence-corrected chi connectivity index (χ3v) is 3.75. The molecule has 1 aliphatic heterocycles. The van der Waals surface area contributed by atoms with Crippen molar-refractivity contribution in [3.63, 3.8) is 0 Å². The van der Waals surface area contributed by atoms with Crippen LogP contribution in [0.3, 0.4) is 0 Å². The van der Waals surface area contributed by atoms with E-state index in [0.29, 0.717) is 4.99 Å². The smallest absolute Gasteiger partial charge is 0.119 e. The van der Waals surface area contributed by atoms with Gasteiger partial charge in [0.05, 0.1) is 6.61 Å². The van der Waals surface area contributed by atoms with E-state index in [-0.39, 0.29) is 0 Å². The van der Waals surface area contributed by atoms with Gasteiger partial charge in [-0.1, -0.05) is 31.3 Å². The zero-order valence-corrected chi connectivity index (χ0v) is 12.3. The largest absolute Gasteiger partial charge is 0.494 e. The number of hydrogen-bond acceptors (Lipinski definition) is 3. The Kier molecular flexibility index (Phi) is 5.16. The second-order valence-electron chi connectivity index (χ2n) is 5.29. The maximum atomic E-state index is 5.74. The molecule has 1 atom stereocenters. The molecule has 0 bridgehead atoms. The Bertz CT molecular complexity index is 436. The lowest BCUT2D eigenvalue weighted by Gasteiger charge is -2.15. The van der Waals surface area contributed by atoms with Crippen LogP contribution in [0.5, 0.6) is 5.75 Å². The molecule has 19 heavy (non-hydrogen) atoms. The van der Waals surface area contributed by atoms with Gasteiger partial charge in [0.15, 0.2) is 0 Å². The van der Waals surface area contributed by atoms with Crippen LogP contribution >= 0.6 is 12.2 Å². The van der Waals surface area contributed by atoms with E-state index in [2.05, 4.69) is 11.8 Å². The molecule has 1 aromatic rings. The Morgan fingerprint density at radius 1 is 1.53 bits per heavy atom. The van der Waals surface area contributed by atoms with Gasteiger partial charge >= 0.3 is 0 Å². The van der Waals surface area contributed by atoms with Gasteiger partial charge in [-0.05, 0) is 37.4 Å². The van der Waals surface area contributed by atoms with Crippen LogP contribution in [0.25, 0.3) is 0 Å². The van der Waals surface area contributed by atoms with Crippen LogP contribution in [-0.4, -0.2) is 36.1 Å². The first-order chi connectivity index (χ1) is 9.15. The van der Waals surface area contributed by atoms with E-state index < -0.39 is 0 Å². The molecule has 0 saturated carbocycles. The van der Waals surface area contributed by atoms with Crippen LogP contribution in [0.15, 0.2) is 24.3 Å². The van der Waals surface area contributed by atoms with Crippen molar-refractivity contribution in [2.75, 3.05) is 26.2 Å². The molecule has 1 aliphatic rings. The molecule has 1 aromatic carbocycles. The highest BCUT2D eigenvalue weighted by atomic mass is 32.1. The Balaban J connectivity index is 1.70. The molecule has 104 valence electrons. The lowest BCUT2D eigenvalue weighted by atomic mass is 10.2. The van der Waals surface area contributed by atoms with Crippen LogP contribution in [0, 0.1) is 5.92 Å². The molecule has 2 rings (SSSR count).